The van der Waals surface area contributed by atoms with Gasteiger partial charge in [-0.15, -0.1) is 0 Å². The number of aryl methyl sites for hydroxylation is 1. The quantitative estimate of drug-likeness (QED) is 0.855. The molecule has 0 amide bonds. The molecule has 2 aromatic carbocycles. The lowest BCUT2D eigenvalue weighted by atomic mass is 10.2. The smallest absolute Gasteiger partial charge is 0.203 e. The van der Waals surface area contributed by atoms with Gasteiger partial charge in [-0.1, -0.05) is 12.1 Å². The Morgan fingerprint density at radius 3 is 2.00 bits per heavy atom. The fraction of sp³-hybridized carbons (Fsp3) is 0.250. The van der Waals surface area contributed by atoms with Gasteiger partial charge in [0.1, 0.15) is 5.75 Å². The summed E-state index contributed by atoms with van der Waals surface area (Å²) in [6.45, 7) is 1.93. The van der Waals surface area contributed by atoms with Crippen molar-refractivity contribution in [1.82, 2.24) is 0 Å². The number of para-hydroxylation sites is 1. The lowest BCUT2D eigenvalue weighted by molar-refractivity contribution is 0.321. The van der Waals surface area contributed by atoms with Gasteiger partial charge in [-0.2, -0.15) is 0 Å². The molecule has 0 aliphatic rings. The largest absolute Gasteiger partial charge is 0.493 e. The fourth-order valence-electron chi connectivity index (χ4n) is 1.99. The zero-order chi connectivity index (χ0) is 15.4. The molecular formula is C16H19NO4. The molecular weight excluding hydrogens is 270 g/mol. The first-order valence-corrected chi connectivity index (χ1v) is 6.43. The SMILES string of the molecule is COc1cc(Oc2cccc(C)c2N)cc(OC)c1OC. The van der Waals surface area contributed by atoms with Gasteiger partial charge in [0.25, 0.3) is 0 Å². The summed E-state index contributed by atoms with van der Waals surface area (Å²) in [4.78, 5) is 0. The van der Waals surface area contributed by atoms with Crippen molar-refractivity contribution in [3.8, 4) is 28.7 Å². The molecule has 2 N–H and O–H groups in total. The third kappa shape index (κ3) is 2.97. The van der Waals surface area contributed by atoms with Crippen LogP contribution < -0.4 is 24.7 Å². The summed E-state index contributed by atoms with van der Waals surface area (Å²) in [6.07, 6.45) is 0. The molecule has 112 valence electrons. The Morgan fingerprint density at radius 1 is 0.857 bits per heavy atom. The van der Waals surface area contributed by atoms with Gasteiger partial charge in [0.15, 0.2) is 17.2 Å². The molecule has 0 heterocycles. The van der Waals surface area contributed by atoms with E-state index in [1.54, 1.807) is 33.5 Å². The number of nitrogen functional groups attached to an aromatic ring is 1. The highest BCUT2D eigenvalue weighted by Crippen LogP contribution is 2.42. The van der Waals surface area contributed by atoms with Crippen LogP contribution in [0.25, 0.3) is 0 Å². The molecule has 0 saturated carbocycles. The zero-order valence-electron chi connectivity index (χ0n) is 12.6. The average molecular weight is 289 g/mol. The summed E-state index contributed by atoms with van der Waals surface area (Å²) >= 11 is 0. The second kappa shape index (κ2) is 6.26. The van der Waals surface area contributed by atoms with E-state index in [0.717, 1.165) is 5.56 Å². The Labute approximate surface area is 124 Å². The molecule has 5 heteroatoms. The van der Waals surface area contributed by atoms with E-state index in [2.05, 4.69) is 0 Å². The molecule has 2 rings (SSSR count). The molecule has 0 aromatic heterocycles. The van der Waals surface area contributed by atoms with Crippen molar-refractivity contribution in [3.05, 3.63) is 35.9 Å². The van der Waals surface area contributed by atoms with Gasteiger partial charge in [0, 0.05) is 12.1 Å². The van der Waals surface area contributed by atoms with Crippen molar-refractivity contribution in [2.45, 2.75) is 6.92 Å². The number of methoxy groups -OCH3 is 3. The second-order valence-electron chi connectivity index (χ2n) is 4.45. The van der Waals surface area contributed by atoms with Crippen LogP contribution >= 0.6 is 0 Å². The highest BCUT2D eigenvalue weighted by Gasteiger charge is 2.15. The standard InChI is InChI=1S/C16H19NO4/c1-10-6-5-7-12(15(10)17)21-11-8-13(18-2)16(20-4)14(9-11)19-3/h5-9H,17H2,1-4H3. The molecule has 0 spiro atoms. The lowest BCUT2D eigenvalue weighted by Gasteiger charge is -2.15. The first-order chi connectivity index (χ1) is 10.1. The van der Waals surface area contributed by atoms with Crippen LogP contribution in [-0.4, -0.2) is 21.3 Å². The first kappa shape index (κ1) is 14.8. The highest BCUT2D eigenvalue weighted by atomic mass is 16.5. The van der Waals surface area contributed by atoms with Crippen molar-refractivity contribution < 1.29 is 18.9 Å². The van der Waals surface area contributed by atoms with E-state index in [9.17, 15) is 0 Å². The van der Waals surface area contributed by atoms with Gasteiger partial charge in [0.2, 0.25) is 5.75 Å². The van der Waals surface area contributed by atoms with Gasteiger partial charge in [-0.25, -0.2) is 0 Å². The Morgan fingerprint density at radius 2 is 1.48 bits per heavy atom. The molecule has 0 aliphatic carbocycles. The van der Waals surface area contributed by atoms with Gasteiger partial charge >= 0.3 is 0 Å². The van der Waals surface area contributed by atoms with E-state index in [1.807, 2.05) is 25.1 Å². The van der Waals surface area contributed by atoms with Crippen LogP contribution in [-0.2, 0) is 0 Å². The minimum atomic E-state index is 0.518. The van der Waals surface area contributed by atoms with Gasteiger partial charge < -0.3 is 24.7 Å². The fourth-order valence-corrected chi connectivity index (χ4v) is 1.99. The Hall–Kier alpha value is -2.56. The van der Waals surface area contributed by atoms with Crippen LogP contribution in [0.5, 0.6) is 28.7 Å². The number of ether oxygens (including phenoxy) is 4. The first-order valence-electron chi connectivity index (χ1n) is 6.43. The van der Waals surface area contributed by atoms with Gasteiger partial charge in [-0.3, -0.25) is 0 Å². The van der Waals surface area contributed by atoms with E-state index < -0.39 is 0 Å². The number of hydrogen-bond acceptors (Lipinski definition) is 5. The summed E-state index contributed by atoms with van der Waals surface area (Å²) < 4.78 is 21.7. The van der Waals surface area contributed by atoms with Gasteiger partial charge in [0.05, 0.1) is 27.0 Å². The number of benzene rings is 2. The average Bonchev–Trinajstić information content (AvgIpc) is 2.50. The minimum absolute atomic E-state index is 0.518. The molecule has 0 bridgehead atoms. The van der Waals surface area contributed by atoms with Crippen LogP contribution in [0, 0.1) is 6.92 Å². The number of hydrogen-bond donors (Lipinski definition) is 1. The van der Waals surface area contributed by atoms with Crippen molar-refractivity contribution >= 4 is 5.69 Å². The van der Waals surface area contributed by atoms with Crippen molar-refractivity contribution in [2.24, 2.45) is 0 Å². The van der Waals surface area contributed by atoms with Crippen LogP contribution in [0.3, 0.4) is 0 Å². The van der Waals surface area contributed by atoms with Crippen molar-refractivity contribution in [1.29, 1.82) is 0 Å². The number of nitrogens with two attached hydrogens (primary N) is 1. The van der Waals surface area contributed by atoms with Crippen molar-refractivity contribution in [2.75, 3.05) is 27.1 Å². The van der Waals surface area contributed by atoms with Crippen LogP contribution in [0.2, 0.25) is 0 Å². The highest BCUT2D eigenvalue weighted by molar-refractivity contribution is 5.61. The second-order valence-corrected chi connectivity index (χ2v) is 4.45. The lowest BCUT2D eigenvalue weighted by Crippen LogP contribution is -1.98. The Balaban J connectivity index is 2.43. The molecule has 2 aromatic rings. The molecule has 0 saturated heterocycles. The maximum absolute atomic E-state index is 6.02. The van der Waals surface area contributed by atoms with E-state index in [-0.39, 0.29) is 0 Å². The number of rotatable bonds is 5. The van der Waals surface area contributed by atoms with E-state index >= 15 is 0 Å². The molecule has 5 nitrogen and oxygen atoms in total. The Bertz CT molecular complexity index is 615. The predicted molar refractivity (Wildman–Crippen MR) is 81.8 cm³/mol. The molecule has 0 fully saturated rings. The summed E-state index contributed by atoms with van der Waals surface area (Å²) in [7, 11) is 4.67. The third-order valence-electron chi connectivity index (χ3n) is 3.15. The predicted octanol–water partition coefficient (Wildman–Crippen LogP) is 3.40. The topological polar surface area (TPSA) is 62.9 Å². The normalized spacial score (nSPS) is 10.1. The van der Waals surface area contributed by atoms with E-state index in [4.69, 9.17) is 24.7 Å². The van der Waals surface area contributed by atoms with Gasteiger partial charge in [-0.05, 0) is 18.6 Å². The third-order valence-corrected chi connectivity index (χ3v) is 3.15. The minimum Gasteiger partial charge on any atom is -0.493 e. The number of anilines is 1. The van der Waals surface area contributed by atoms with Crippen LogP contribution in [0.4, 0.5) is 5.69 Å². The van der Waals surface area contributed by atoms with Crippen LogP contribution in [0.15, 0.2) is 30.3 Å². The summed E-state index contributed by atoms with van der Waals surface area (Å²) in [6, 6.07) is 9.08. The van der Waals surface area contributed by atoms with E-state index in [0.29, 0.717) is 34.4 Å². The Kier molecular flexibility index (Phi) is 4.42. The summed E-state index contributed by atoms with van der Waals surface area (Å²) in [5.41, 5.74) is 7.58. The van der Waals surface area contributed by atoms with E-state index in [1.165, 1.54) is 0 Å². The molecule has 0 radical (unpaired) electrons. The van der Waals surface area contributed by atoms with Crippen LogP contribution in [0.1, 0.15) is 5.56 Å². The maximum Gasteiger partial charge on any atom is 0.203 e. The summed E-state index contributed by atoms with van der Waals surface area (Å²) in [5, 5.41) is 0. The maximum atomic E-state index is 6.02. The van der Waals surface area contributed by atoms with Crippen molar-refractivity contribution in [3.63, 3.8) is 0 Å². The monoisotopic (exact) mass is 289 g/mol. The molecule has 0 atom stereocenters. The zero-order valence-corrected chi connectivity index (χ0v) is 12.6. The molecule has 0 aliphatic heterocycles. The molecule has 0 unspecified atom stereocenters. The summed E-state index contributed by atoms with van der Waals surface area (Å²) in [5.74, 6) is 2.71. The molecule has 21 heavy (non-hydrogen) atoms.